The second-order valence-electron chi connectivity index (χ2n) is 4.26. The predicted molar refractivity (Wildman–Crippen MR) is 56.2 cm³/mol. The van der Waals surface area contributed by atoms with Crippen molar-refractivity contribution in [3.63, 3.8) is 0 Å². The van der Waals surface area contributed by atoms with Crippen LogP contribution in [0.3, 0.4) is 0 Å². The van der Waals surface area contributed by atoms with Gasteiger partial charge in [-0.15, -0.1) is 5.10 Å². The number of aromatic amines is 2. The minimum Gasteiger partial charge on any atom is -0.392 e. The Morgan fingerprint density at radius 2 is 2.12 bits per heavy atom. The quantitative estimate of drug-likeness (QED) is 0.712. The summed E-state index contributed by atoms with van der Waals surface area (Å²) in [6, 6.07) is 0. The molecule has 2 N–H and O–H groups in total. The molecule has 2 aromatic heterocycles. The van der Waals surface area contributed by atoms with Crippen molar-refractivity contribution >= 4 is 0 Å². The summed E-state index contributed by atoms with van der Waals surface area (Å²) in [5, 5.41) is 17.1. The Labute approximate surface area is 97.0 Å². The molecule has 0 radical (unpaired) electrons. The van der Waals surface area contributed by atoms with Gasteiger partial charge >= 0.3 is 11.6 Å². The number of nitrogens with one attached hydrogen (secondary N) is 2. The summed E-state index contributed by atoms with van der Waals surface area (Å²) < 4.78 is 4.87. The molecule has 1 atom stereocenters. The molecule has 0 aliphatic rings. The van der Waals surface area contributed by atoms with Crippen LogP contribution < -0.4 is 10.6 Å². The lowest BCUT2D eigenvalue weighted by Crippen LogP contribution is -2.41. The monoisotopic (exact) mass is 239 g/mol. The van der Waals surface area contributed by atoms with Gasteiger partial charge in [-0.3, -0.25) is 0 Å². The SMILES string of the molecule is CC(C)c1n[nH][n+](CC(C)c2n[nH]c(=O)o2)n1. The molecule has 0 spiro atoms. The molecule has 0 aromatic carbocycles. The van der Waals surface area contributed by atoms with Gasteiger partial charge in [-0.2, -0.15) is 0 Å². The van der Waals surface area contributed by atoms with Gasteiger partial charge in [-0.05, 0) is 17.2 Å². The van der Waals surface area contributed by atoms with Gasteiger partial charge in [0.25, 0.3) is 0 Å². The smallest absolute Gasteiger partial charge is 0.392 e. The highest BCUT2D eigenvalue weighted by atomic mass is 16.4. The molecule has 2 rings (SSSR count). The molecule has 0 amide bonds. The third-order valence-corrected chi connectivity index (χ3v) is 2.34. The summed E-state index contributed by atoms with van der Waals surface area (Å²) in [5.41, 5.74) is 0. The molecule has 0 saturated carbocycles. The first-order valence-electron chi connectivity index (χ1n) is 5.44. The van der Waals surface area contributed by atoms with Crippen LogP contribution in [0.2, 0.25) is 0 Å². The van der Waals surface area contributed by atoms with Crippen molar-refractivity contribution < 1.29 is 9.21 Å². The summed E-state index contributed by atoms with van der Waals surface area (Å²) in [5.74, 6) is 0.779. The molecule has 8 nitrogen and oxygen atoms in total. The highest BCUT2D eigenvalue weighted by Gasteiger charge is 2.20. The van der Waals surface area contributed by atoms with Gasteiger partial charge in [0.1, 0.15) is 6.54 Å². The Kier molecular flexibility index (Phi) is 3.03. The second kappa shape index (κ2) is 4.48. The average molecular weight is 239 g/mol. The van der Waals surface area contributed by atoms with E-state index in [4.69, 9.17) is 4.42 Å². The van der Waals surface area contributed by atoms with Gasteiger partial charge in [0, 0.05) is 5.92 Å². The fourth-order valence-corrected chi connectivity index (χ4v) is 1.39. The summed E-state index contributed by atoms with van der Waals surface area (Å²) in [7, 11) is 0. The van der Waals surface area contributed by atoms with Crippen LogP contribution in [0.4, 0.5) is 0 Å². The Morgan fingerprint density at radius 3 is 2.65 bits per heavy atom. The van der Waals surface area contributed by atoms with Crippen molar-refractivity contribution in [1.29, 1.82) is 0 Å². The Morgan fingerprint density at radius 1 is 1.35 bits per heavy atom. The number of aromatic nitrogens is 6. The van der Waals surface area contributed by atoms with Gasteiger partial charge < -0.3 is 4.42 Å². The van der Waals surface area contributed by atoms with Crippen LogP contribution >= 0.6 is 0 Å². The van der Waals surface area contributed by atoms with Gasteiger partial charge in [-0.25, -0.2) is 9.89 Å². The van der Waals surface area contributed by atoms with E-state index in [2.05, 4.69) is 25.6 Å². The number of tetrazole rings is 1. The topological polar surface area (TPSA) is 104 Å². The Balaban J connectivity index is 2.07. The van der Waals surface area contributed by atoms with Crippen LogP contribution in [0, 0.1) is 0 Å². The van der Waals surface area contributed by atoms with Gasteiger partial charge in [0.05, 0.1) is 11.0 Å². The van der Waals surface area contributed by atoms with Crippen LogP contribution in [0.15, 0.2) is 9.21 Å². The van der Waals surface area contributed by atoms with Crippen molar-refractivity contribution in [2.45, 2.75) is 39.2 Å². The number of hydrogen-bond donors (Lipinski definition) is 2. The van der Waals surface area contributed by atoms with Crippen LogP contribution in [0.1, 0.15) is 44.3 Å². The van der Waals surface area contributed by atoms with E-state index in [9.17, 15) is 4.79 Å². The van der Waals surface area contributed by atoms with E-state index in [0.717, 1.165) is 5.82 Å². The van der Waals surface area contributed by atoms with Crippen LogP contribution in [0.25, 0.3) is 0 Å². The van der Waals surface area contributed by atoms with E-state index in [1.165, 1.54) is 0 Å². The second-order valence-corrected chi connectivity index (χ2v) is 4.26. The first-order valence-corrected chi connectivity index (χ1v) is 5.44. The minimum absolute atomic E-state index is 0.0630. The molecule has 0 aliphatic heterocycles. The standard InChI is InChI=1S/C9H14N6O2/c1-5(2)7-10-14-15(13-7)4-6(3)8-11-12-9(16)17-8/h5-6H,4H2,1-3H3,(H,12,16)/p+1. The number of H-pyrrole nitrogens is 2. The molecule has 1 unspecified atom stereocenters. The molecule has 8 heteroatoms. The fourth-order valence-electron chi connectivity index (χ4n) is 1.39. The maximum Gasteiger partial charge on any atom is 0.434 e. The van der Waals surface area contributed by atoms with Crippen molar-refractivity contribution in [3.8, 4) is 0 Å². The molecule has 2 aromatic rings. The van der Waals surface area contributed by atoms with Crippen molar-refractivity contribution in [3.05, 3.63) is 22.3 Å². The molecule has 0 aliphatic carbocycles. The molecule has 92 valence electrons. The molecule has 0 saturated heterocycles. The van der Waals surface area contributed by atoms with E-state index in [1.807, 2.05) is 20.8 Å². The summed E-state index contributed by atoms with van der Waals surface area (Å²) >= 11 is 0. The van der Waals surface area contributed by atoms with E-state index in [-0.39, 0.29) is 11.8 Å². The molecular weight excluding hydrogens is 224 g/mol. The van der Waals surface area contributed by atoms with Crippen molar-refractivity contribution in [2.24, 2.45) is 0 Å². The van der Waals surface area contributed by atoms with Crippen LogP contribution in [-0.2, 0) is 6.54 Å². The lowest BCUT2D eigenvalue weighted by atomic mass is 10.2. The zero-order chi connectivity index (χ0) is 12.4. The maximum absolute atomic E-state index is 10.8. The molecular formula is C9H15N6O2+. The predicted octanol–water partition coefficient (Wildman–Crippen LogP) is -0.304. The first-order chi connectivity index (χ1) is 8.06. The lowest BCUT2D eigenvalue weighted by molar-refractivity contribution is -0.807. The highest BCUT2D eigenvalue weighted by molar-refractivity contribution is 4.83. The van der Waals surface area contributed by atoms with Gasteiger partial charge in [0.2, 0.25) is 5.89 Å². The average Bonchev–Trinajstić information content (AvgIpc) is 2.86. The molecule has 0 fully saturated rings. The zero-order valence-electron chi connectivity index (χ0n) is 9.97. The maximum atomic E-state index is 10.8. The summed E-state index contributed by atoms with van der Waals surface area (Å²) in [6.45, 7) is 6.45. The molecule has 17 heavy (non-hydrogen) atoms. The molecule has 0 bridgehead atoms. The third-order valence-electron chi connectivity index (χ3n) is 2.34. The number of hydrogen-bond acceptors (Lipinski definition) is 5. The normalized spacial score (nSPS) is 13.2. The Hall–Kier alpha value is -1.99. The van der Waals surface area contributed by atoms with Crippen LogP contribution in [0.5, 0.6) is 0 Å². The third kappa shape index (κ3) is 2.58. The van der Waals surface area contributed by atoms with E-state index in [0.29, 0.717) is 12.4 Å². The highest BCUT2D eigenvalue weighted by Crippen LogP contribution is 2.09. The van der Waals surface area contributed by atoms with Gasteiger partial charge in [0.15, 0.2) is 0 Å². The zero-order valence-corrected chi connectivity index (χ0v) is 9.97. The van der Waals surface area contributed by atoms with Crippen LogP contribution in [-0.4, -0.2) is 25.6 Å². The van der Waals surface area contributed by atoms with Crippen molar-refractivity contribution in [1.82, 2.24) is 25.6 Å². The van der Waals surface area contributed by atoms with Crippen molar-refractivity contribution in [2.75, 3.05) is 0 Å². The largest absolute Gasteiger partial charge is 0.434 e. The number of rotatable bonds is 4. The number of nitrogens with zero attached hydrogens (tertiary/aromatic N) is 4. The van der Waals surface area contributed by atoms with E-state index >= 15 is 0 Å². The molecule has 2 heterocycles. The first kappa shape index (κ1) is 11.5. The van der Waals surface area contributed by atoms with E-state index < -0.39 is 5.76 Å². The Bertz CT molecular complexity index is 539. The lowest BCUT2D eigenvalue weighted by Gasteiger charge is -1.99. The fraction of sp³-hybridized carbons (Fsp3) is 0.667. The van der Waals surface area contributed by atoms with E-state index in [1.54, 1.807) is 4.80 Å². The van der Waals surface area contributed by atoms with Gasteiger partial charge in [-0.1, -0.05) is 18.6 Å². The summed E-state index contributed by atoms with van der Waals surface area (Å²) in [6.07, 6.45) is 0. The minimum atomic E-state index is -0.544. The summed E-state index contributed by atoms with van der Waals surface area (Å²) in [4.78, 5) is 12.4.